The average molecular weight is 239 g/mol. The summed E-state index contributed by atoms with van der Waals surface area (Å²) in [5, 5.41) is 0. The predicted molar refractivity (Wildman–Crippen MR) is 68.6 cm³/mol. The van der Waals surface area contributed by atoms with Crippen LogP contribution in [0.15, 0.2) is 0 Å². The maximum atomic E-state index is 12.0. The van der Waals surface area contributed by atoms with Gasteiger partial charge in [-0.05, 0) is 45.2 Å². The summed E-state index contributed by atoms with van der Waals surface area (Å²) in [6.07, 6.45) is 5.25. The van der Waals surface area contributed by atoms with Gasteiger partial charge in [-0.2, -0.15) is 0 Å². The van der Waals surface area contributed by atoms with Crippen molar-refractivity contribution in [1.82, 2.24) is 9.80 Å². The molecule has 2 rings (SSSR count). The number of nitrogens with zero attached hydrogens (tertiary/aromatic N) is 2. The lowest BCUT2D eigenvalue weighted by Crippen LogP contribution is -2.44. The lowest BCUT2D eigenvalue weighted by atomic mass is 9.89. The Morgan fingerprint density at radius 2 is 2.00 bits per heavy atom. The summed E-state index contributed by atoms with van der Waals surface area (Å²) in [4.78, 5) is 16.3. The fourth-order valence-electron chi connectivity index (χ4n) is 3.02. The van der Waals surface area contributed by atoms with Crippen molar-refractivity contribution in [3.8, 4) is 0 Å². The summed E-state index contributed by atoms with van der Waals surface area (Å²) in [7, 11) is 2.14. The van der Waals surface area contributed by atoms with E-state index in [9.17, 15) is 4.79 Å². The number of hydrogen-bond donors (Lipinski definition) is 1. The van der Waals surface area contributed by atoms with E-state index in [-0.39, 0.29) is 11.9 Å². The van der Waals surface area contributed by atoms with Crippen LogP contribution in [0.5, 0.6) is 0 Å². The molecule has 17 heavy (non-hydrogen) atoms. The van der Waals surface area contributed by atoms with Crippen molar-refractivity contribution in [2.75, 3.05) is 33.2 Å². The Kier molecular flexibility index (Phi) is 4.40. The molecule has 2 N–H and O–H groups in total. The van der Waals surface area contributed by atoms with E-state index in [1.807, 2.05) is 4.90 Å². The third-order valence-corrected chi connectivity index (χ3v) is 4.14. The van der Waals surface area contributed by atoms with Crippen LogP contribution >= 0.6 is 0 Å². The van der Waals surface area contributed by atoms with Gasteiger partial charge in [0.05, 0.1) is 0 Å². The molecular formula is C13H25N3O. The largest absolute Gasteiger partial charge is 0.343 e. The van der Waals surface area contributed by atoms with E-state index in [2.05, 4.69) is 11.9 Å². The first-order valence-electron chi connectivity index (χ1n) is 6.88. The molecule has 0 radical (unpaired) electrons. The van der Waals surface area contributed by atoms with Crippen LogP contribution in [0, 0.1) is 5.92 Å². The van der Waals surface area contributed by atoms with E-state index >= 15 is 0 Å². The molecule has 2 atom stereocenters. The molecule has 0 saturated carbocycles. The highest BCUT2D eigenvalue weighted by atomic mass is 16.2. The molecule has 2 fully saturated rings. The van der Waals surface area contributed by atoms with Crippen molar-refractivity contribution in [1.29, 1.82) is 0 Å². The van der Waals surface area contributed by atoms with Crippen LogP contribution in [0.3, 0.4) is 0 Å². The van der Waals surface area contributed by atoms with Gasteiger partial charge in [-0.15, -0.1) is 0 Å². The topological polar surface area (TPSA) is 49.6 Å². The summed E-state index contributed by atoms with van der Waals surface area (Å²) in [5.41, 5.74) is 6.21. The van der Waals surface area contributed by atoms with Gasteiger partial charge >= 0.3 is 0 Å². The molecule has 2 unspecified atom stereocenters. The molecule has 98 valence electrons. The Hall–Kier alpha value is -0.610. The zero-order chi connectivity index (χ0) is 12.3. The maximum Gasteiger partial charge on any atom is 0.224 e. The van der Waals surface area contributed by atoms with Gasteiger partial charge in [-0.1, -0.05) is 0 Å². The number of nitrogens with two attached hydrogens (primary N) is 1. The number of carbonyl (C=O) groups is 1. The summed E-state index contributed by atoms with van der Waals surface area (Å²) in [6, 6.07) is 0.0471. The highest BCUT2D eigenvalue weighted by Gasteiger charge is 2.27. The summed E-state index contributed by atoms with van der Waals surface area (Å²) < 4.78 is 0. The van der Waals surface area contributed by atoms with Gasteiger partial charge in [0.1, 0.15) is 0 Å². The van der Waals surface area contributed by atoms with Gasteiger partial charge in [0.2, 0.25) is 5.91 Å². The molecule has 2 aliphatic rings. The molecule has 4 nitrogen and oxygen atoms in total. The first-order chi connectivity index (χ1) is 8.16. The van der Waals surface area contributed by atoms with Gasteiger partial charge in [-0.3, -0.25) is 4.79 Å². The van der Waals surface area contributed by atoms with Crippen LogP contribution in [-0.4, -0.2) is 55.0 Å². The zero-order valence-corrected chi connectivity index (χ0v) is 10.9. The number of likely N-dealkylation sites (tertiary alicyclic amines) is 2. The standard InChI is InChI=1S/C13H25N3O/c1-15-6-4-5-11(10-15)12(14)9-13(17)16-7-2-3-8-16/h11-12H,2-10,14H2,1H3. The second-order valence-corrected chi connectivity index (χ2v) is 5.62. The second kappa shape index (κ2) is 5.83. The summed E-state index contributed by atoms with van der Waals surface area (Å²) in [5.74, 6) is 0.767. The van der Waals surface area contributed by atoms with E-state index in [1.165, 1.54) is 19.4 Å². The minimum Gasteiger partial charge on any atom is -0.343 e. The third-order valence-electron chi connectivity index (χ3n) is 4.14. The van der Waals surface area contributed by atoms with Crippen molar-refractivity contribution in [3.63, 3.8) is 0 Å². The fraction of sp³-hybridized carbons (Fsp3) is 0.923. The molecule has 2 heterocycles. The van der Waals surface area contributed by atoms with Crippen molar-refractivity contribution in [2.24, 2.45) is 11.7 Å². The summed E-state index contributed by atoms with van der Waals surface area (Å²) in [6.45, 7) is 4.10. The number of piperidine rings is 1. The summed E-state index contributed by atoms with van der Waals surface area (Å²) >= 11 is 0. The molecule has 4 heteroatoms. The Labute approximate surface area is 104 Å². The van der Waals surface area contributed by atoms with Crippen molar-refractivity contribution >= 4 is 5.91 Å². The lowest BCUT2D eigenvalue weighted by molar-refractivity contribution is -0.130. The Morgan fingerprint density at radius 3 is 2.65 bits per heavy atom. The highest BCUT2D eigenvalue weighted by Crippen LogP contribution is 2.20. The van der Waals surface area contributed by atoms with E-state index < -0.39 is 0 Å². The minimum atomic E-state index is 0.0471. The van der Waals surface area contributed by atoms with Crippen molar-refractivity contribution in [2.45, 2.75) is 38.1 Å². The van der Waals surface area contributed by atoms with Gasteiger partial charge in [0, 0.05) is 32.1 Å². The maximum absolute atomic E-state index is 12.0. The molecule has 2 saturated heterocycles. The van der Waals surface area contributed by atoms with Gasteiger partial charge in [0.25, 0.3) is 0 Å². The first kappa shape index (κ1) is 12.8. The van der Waals surface area contributed by atoms with Crippen LogP contribution in [0.1, 0.15) is 32.1 Å². The molecule has 0 spiro atoms. The normalized spacial score (nSPS) is 28.4. The van der Waals surface area contributed by atoms with E-state index in [4.69, 9.17) is 5.73 Å². The predicted octanol–water partition coefficient (Wildman–Crippen LogP) is 0.668. The second-order valence-electron chi connectivity index (χ2n) is 5.62. The molecule has 0 aromatic rings. The average Bonchev–Trinajstić information content (AvgIpc) is 2.82. The smallest absolute Gasteiger partial charge is 0.224 e. The van der Waals surface area contributed by atoms with Crippen LogP contribution in [0.2, 0.25) is 0 Å². The number of rotatable bonds is 3. The highest BCUT2D eigenvalue weighted by molar-refractivity contribution is 5.77. The quantitative estimate of drug-likeness (QED) is 0.787. The molecule has 2 aliphatic heterocycles. The number of amides is 1. The van der Waals surface area contributed by atoms with Gasteiger partial charge in [-0.25, -0.2) is 0 Å². The van der Waals surface area contributed by atoms with Gasteiger partial charge < -0.3 is 15.5 Å². The fourth-order valence-corrected chi connectivity index (χ4v) is 3.02. The Morgan fingerprint density at radius 1 is 1.29 bits per heavy atom. The zero-order valence-electron chi connectivity index (χ0n) is 10.9. The van der Waals surface area contributed by atoms with Crippen molar-refractivity contribution in [3.05, 3.63) is 0 Å². The molecule has 0 aliphatic carbocycles. The first-order valence-corrected chi connectivity index (χ1v) is 6.88. The number of hydrogen-bond acceptors (Lipinski definition) is 3. The molecule has 0 bridgehead atoms. The van der Waals surface area contributed by atoms with Gasteiger partial charge in [0.15, 0.2) is 0 Å². The minimum absolute atomic E-state index is 0.0471. The van der Waals surface area contributed by atoms with E-state index in [1.54, 1.807) is 0 Å². The molecule has 1 amide bonds. The molecule has 0 aromatic carbocycles. The van der Waals surface area contributed by atoms with E-state index in [0.29, 0.717) is 12.3 Å². The van der Waals surface area contributed by atoms with Crippen LogP contribution in [-0.2, 0) is 4.79 Å². The van der Waals surface area contributed by atoms with E-state index in [0.717, 1.165) is 32.5 Å². The molecule has 0 aromatic heterocycles. The van der Waals surface area contributed by atoms with Crippen LogP contribution < -0.4 is 5.73 Å². The SMILES string of the molecule is CN1CCCC(C(N)CC(=O)N2CCCC2)C1. The Balaban J connectivity index is 1.79. The number of carbonyl (C=O) groups excluding carboxylic acids is 1. The lowest BCUT2D eigenvalue weighted by Gasteiger charge is -2.33. The Bertz CT molecular complexity index is 263. The van der Waals surface area contributed by atoms with Crippen LogP contribution in [0.25, 0.3) is 0 Å². The monoisotopic (exact) mass is 239 g/mol. The van der Waals surface area contributed by atoms with Crippen LogP contribution in [0.4, 0.5) is 0 Å². The van der Waals surface area contributed by atoms with Crippen molar-refractivity contribution < 1.29 is 4.79 Å². The third kappa shape index (κ3) is 3.42. The molecular weight excluding hydrogens is 214 g/mol.